The minimum absolute atomic E-state index is 0. The van der Waals surface area contributed by atoms with Crippen molar-refractivity contribution in [2.45, 2.75) is 63.6 Å². The van der Waals surface area contributed by atoms with Crippen LogP contribution in [0.15, 0.2) is 60.7 Å². The van der Waals surface area contributed by atoms with Crippen molar-refractivity contribution in [3.63, 3.8) is 0 Å². The number of carbonyl (C=O) groups is 2. The molecule has 2 atom stereocenters. The van der Waals surface area contributed by atoms with Crippen molar-refractivity contribution in [3.8, 4) is 0 Å². The largest absolute Gasteiger partial charge is 0.375 e. The maximum Gasteiger partial charge on any atom is 0.262 e. The fourth-order valence-electron chi connectivity index (χ4n) is 4.18. The van der Waals surface area contributed by atoms with Gasteiger partial charge in [-0.05, 0) is 36.8 Å². The van der Waals surface area contributed by atoms with Crippen molar-refractivity contribution in [2.24, 2.45) is 0 Å². The van der Waals surface area contributed by atoms with Crippen LogP contribution in [-0.2, 0) is 33.6 Å². The number of amides is 2. The molecule has 42 heavy (non-hydrogen) atoms. The molecule has 10 nitrogen and oxygen atoms in total. The molecule has 4 N–H and O–H groups in total. The van der Waals surface area contributed by atoms with Crippen molar-refractivity contribution in [1.29, 1.82) is 0 Å². The van der Waals surface area contributed by atoms with E-state index in [9.17, 15) is 19.8 Å². The first-order valence-corrected chi connectivity index (χ1v) is 14.7. The number of anilines is 2. The van der Waals surface area contributed by atoms with Crippen molar-refractivity contribution in [3.05, 3.63) is 81.8 Å². The molecule has 2 aromatic carbocycles. The number of aromatic nitrogens is 4. The fraction of sp³-hybridized carbons (Fsp3) is 0.357. The Kier molecular flexibility index (Phi) is 13.5. The predicted octanol–water partition coefficient (Wildman–Crippen LogP) is 4.65. The van der Waals surface area contributed by atoms with Crippen molar-refractivity contribution < 1.29 is 19.8 Å². The van der Waals surface area contributed by atoms with E-state index >= 15 is 0 Å². The summed E-state index contributed by atoms with van der Waals surface area (Å²) >= 11 is 2.56. The summed E-state index contributed by atoms with van der Waals surface area (Å²) in [6.45, 7) is 3.51. The second-order valence-corrected chi connectivity index (χ2v) is 11.4. The lowest BCUT2D eigenvalue weighted by Crippen LogP contribution is -2.39. The van der Waals surface area contributed by atoms with Gasteiger partial charge >= 0.3 is 0 Å². The van der Waals surface area contributed by atoms with Gasteiger partial charge in [0.05, 0.1) is 0 Å². The van der Waals surface area contributed by atoms with Gasteiger partial charge in [-0.1, -0.05) is 97.2 Å². The summed E-state index contributed by atoms with van der Waals surface area (Å²) in [6, 6.07) is 17.7. The molecule has 0 spiro atoms. The minimum Gasteiger partial charge on any atom is -0.375 e. The Labute approximate surface area is 266 Å². The number of hydrogen-bond donors (Lipinski definition) is 4. The van der Waals surface area contributed by atoms with Crippen LogP contribution in [0.25, 0.3) is 0 Å². The van der Waals surface area contributed by atoms with Crippen LogP contribution in [-0.4, -0.2) is 42.4 Å². The molecular weight excluding hydrogens is 613 g/mol. The average molecular weight is 649 g/mol. The van der Waals surface area contributed by atoms with E-state index in [4.69, 9.17) is 0 Å². The van der Waals surface area contributed by atoms with Crippen LogP contribution >= 0.6 is 49.7 Å². The van der Waals surface area contributed by atoms with E-state index in [0.717, 1.165) is 22.9 Å². The zero-order valence-corrected chi connectivity index (χ0v) is 27.0. The van der Waals surface area contributed by atoms with Crippen LogP contribution in [0.2, 0.25) is 0 Å². The number of benzene rings is 2. The van der Waals surface area contributed by atoms with Crippen LogP contribution in [0.5, 0.6) is 0 Å². The molecule has 0 saturated carbocycles. The Morgan fingerprint density at radius 2 is 1.02 bits per heavy atom. The van der Waals surface area contributed by atoms with Crippen molar-refractivity contribution in [1.82, 2.24) is 20.4 Å². The number of carbonyl (C=O) groups excluding carboxylic acids is 2. The van der Waals surface area contributed by atoms with Gasteiger partial charge < -0.3 is 10.2 Å². The van der Waals surface area contributed by atoms with Gasteiger partial charge in [-0.3, -0.25) is 20.2 Å². The van der Waals surface area contributed by atoms with E-state index < -0.39 is 23.0 Å². The highest BCUT2D eigenvalue weighted by Gasteiger charge is 2.37. The highest BCUT2D eigenvalue weighted by molar-refractivity contribution is 7.59. The number of nitrogens with one attached hydrogen (secondary N) is 2. The highest BCUT2D eigenvalue weighted by Crippen LogP contribution is 2.29. The van der Waals surface area contributed by atoms with Gasteiger partial charge in [0.1, 0.15) is 10.0 Å². The quantitative estimate of drug-likeness (QED) is 0.153. The third-order valence-electron chi connectivity index (χ3n) is 6.68. The summed E-state index contributed by atoms with van der Waals surface area (Å²) < 4.78 is 0. The van der Waals surface area contributed by atoms with Gasteiger partial charge in [0.15, 0.2) is 11.2 Å². The minimum atomic E-state index is -1.65. The Morgan fingerprint density at radius 3 is 1.36 bits per heavy atom. The van der Waals surface area contributed by atoms with Crippen LogP contribution < -0.4 is 10.6 Å². The van der Waals surface area contributed by atoms with E-state index in [-0.39, 0.29) is 39.8 Å². The molecule has 0 fully saturated rings. The topological polar surface area (TPSA) is 150 Å². The lowest BCUT2D eigenvalue weighted by molar-refractivity contribution is -0.135. The molecule has 4 rings (SSSR count). The number of unbranched alkanes of at least 4 members (excludes halogenated alkanes) is 1. The number of aliphatic hydroxyl groups is 2. The van der Waals surface area contributed by atoms with Gasteiger partial charge in [0.25, 0.3) is 11.8 Å². The number of hydrogen-bond acceptors (Lipinski definition) is 10. The predicted molar refractivity (Wildman–Crippen MR) is 176 cm³/mol. The third kappa shape index (κ3) is 8.36. The zero-order chi connectivity index (χ0) is 28.6. The van der Waals surface area contributed by atoms with Gasteiger partial charge in [0, 0.05) is 12.8 Å². The Bertz CT molecular complexity index is 1310. The molecule has 2 amide bonds. The summed E-state index contributed by atoms with van der Waals surface area (Å²) in [4.78, 5) is 25.7. The lowest BCUT2D eigenvalue weighted by Gasteiger charge is -2.25. The summed E-state index contributed by atoms with van der Waals surface area (Å²) in [6.07, 6.45) is 3.42. The molecule has 0 radical (unpaired) electrons. The van der Waals surface area contributed by atoms with E-state index in [0.29, 0.717) is 34.2 Å². The first kappa shape index (κ1) is 35.3. The second-order valence-electron chi connectivity index (χ2n) is 9.28. The van der Waals surface area contributed by atoms with Crippen LogP contribution in [0.1, 0.15) is 60.7 Å². The lowest BCUT2D eigenvalue weighted by atomic mass is 9.90. The summed E-state index contributed by atoms with van der Waals surface area (Å²) in [5.41, 5.74) is -2.25. The SMILES string of the molecule is CC[C@](O)(C(=O)Nc1nnc(CCCCc2nnc(NC(=O)[C@@](O)(CC)c3ccccc3)s2)s1)c1ccccc1.S.S. The third-order valence-corrected chi connectivity index (χ3v) is 8.48. The van der Waals surface area contributed by atoms with Crippen LogP contribution in [0, 0.1) is 0 Å². The molecule has 2 aromatic heterocycles. The molecule has 4 aromatic rings. The monoisotopic (exact) mass is 648 g/mol. The molecule has 226 valence electrons. The summed E-state index contributed by atoms with van der Waals surface area (Å²) in [7, 11) is 0. The standard InChI is InChI=1S/C28H32N6O4S2.2H2S/c1-3-27(37,19-13-7-5-8-14-19)23(35)29-25-33-31-21(39-25)17-11-12-18-22-32-34-26(40-22)30-24(36)28(38,4-2)20-15-9-6-10-16-20;;/h5-10,13-16,37-38H,3-4,11-12,17-18H2,1-2H3,(H,29,33,35)(H,30,34,36);2*1H2/t27-,28-;;/m1../s1. The molecule has 2 heterocycles. The Morgan fingerprint density at radius 1 is 0.667 bits per heavy atom. The normalized spacial score (nSPS) is 13.5. The Balaban J connectivity index is 0.00000308. The molecular formula is C28H36N6O4S4. The van der Waals surface area contributed by atoms with Crippen molar-refractivity contribution >= 4 is 71.7 Å². The molecule has 0 saturated heterocycles. The van der Waals surface area contributed by atoms with E-state index in [2.05, 4.69) is 31.0 Å². The highest BCUT2D eigenvalue weighted by atomic mass is 32.1. The first-order valence-electron chi connectivity index (χ1n) is 13.1. The van der Waals surface area contributed by atoms with E-state index in [1.54, 1.807) is 62.4 Å². The fourth-order valence-corrected chi connectivity index (χ4v) is 5.74. The maximum atomic E-state index is 12.8. The number of aryl methyl sites for hydroxylation is 2. The van der Waals surface area contributed by atoms with Crippen LogP contribution in [0.3, 0.4) is 0 Å². The first-order chi connectivity index (χ1) is 19.3. The smallest absolute Gasteiger partial charge is 0.262 e. The average Bonchev–Trinajstić information content (AvgIpc) is 3.64. The molecule has 0 bridgehead atoms. The summed E-state index contributed by atoms with van der Waals surface area (Å²) in [5.74, 6) is -1.08. The van der Waals surface area contributed by atoms with E-state index in [1.165, 1.54) is 22.7 Å². The Hall–Kier alpha value is -2.88. The molecule has 0 aliphatic rings. The van der Waals surface area contributed by atoms with E-state index in [1.807, 2.05) is 12.1 Å². The summed E-state index contributed by atoms with van der Waals surface area (Å²) in [5, 5.41) is 46.0. The second kappa shape index (κ2) is 16.1. The number of nitrogens with zero attached hydrogens (tertiary/aromatic N) is 4. The van der Waals surface area contributed by atoms with Crippen LogP contribution in [0.4, 0.5) is 10.3 Å². The number of rotatable bonds is 13. The molecule has 0 aliphatic heterocycles. The van der Waals surface area contributed by atoms with Gasteiger partial charge in [-0.2, -0.15) is 27.0 Å². The zero-order valence-electron chi connectivity index (χ0n) is 23.3. The van der Waals surface area contributed by atoms with Gasteiger partial charge in [-0.15, -0.1) is 20.4 Å². The van der Waals surface area contributed by atoms with Crippen molar-refractivity contribution in [2.75, 3.05) is 10.6 Å². The van der Waals surface area contributed by atoms with Gasteiger partial charge in [0.2, 0.25) is 10.3 Å². The molecule has 0 aliphatic carbocycles. The molecule has 0 unspecified atom stereocenters. The maximum absolute atomic E-state index is 12.8. The van der Waals surface area contributed by atoms with Gasteiger partial charge in [-0.25, -0.2) is 0 Å². The molecule has 14 heteroatoms.